The highest BCUT2D eigenvalue weighted by atomic mass is 32.2. The van der Waals surface area contributed by atoms with Crippen LogP contribution in [0.5, 0.6) is 0 Å². The molecule has 0 spiro atoms. The van der Waals surface area contributed by atoms with Gasteiger partial charge in [0.2, 0.25) is 10.0 Å². The Morgan fingerprint density at radius 1 is 1.48 bits per heavy atom. The third-order valence-corrected chi connectivity index (χ3v) is 5.04. The van der Waals surface area contributed by atoms with Crippen molar-refractivity contribution in [1.29, 1.82) is 0 Å². The summed E-state index contributed by atoms with van der Waals surface area (Å²) < 4.78 is 27.1. The topological polar surface area (TPSA) is 127 Å². The van der Waals surface area contributed by atoms with E-state index in [1.165, 1.54) is 12.1 Å². The summed E-state index contributed by atoms with van der Waals surface area (Å²) in [5.41, 5.74) is 2.04. The van der Waals surface area contributed by atoms with Crippen LogP contribution in [-0.2, 0) is 10.0 Å². The van der Waals surface area contributed by atoms with Gasteiger partial charge in [-0.25, -0.2) is 13.1 Å². The van der Waals surface area contributed by atoms with Crippen LogP contribution in [0.25, 0.3) is 0 Å². The second-order valence-corrected chi connectivity index (χ2v) is 6.78. The third-order valence-electron chi connectivity index (χ3n) is 3.50. The molecular weight excluding hydrogens is 296 g/mol. The van der Waals surface area contributed by atoms with Crippen LogP contribution in [0.1, 0.15) is 26.2 Å². The molecule has 21 heavy (non-hydrogen) atoms. The van der Waals surface area contributed by atoms with Gasteiger partial charge in [0.25, 0.3) is 5.69 Å². The van der Waals surface area contributed by atoms with Crippen LogP contribution in [0.4, 0.5) is 11.4 Å². The molecular formula is C12H18N4O4S. The van der Waals surface area contributed by atoms with Gasteiger partial charge in [-0.2, -0.15) is 0 Å². The van der Waals surface area contributed by atoms with Crippen LogP contribution in [0, 0.1) is 16.0 Å². The van der Waals surface area contributed by atoms with Crippen molar-refractivity contribution in [3.05, 3.63) is 28.3 Å². The zero-order valence-electron chi connectivity index (χ0n) is 11.6. The van der Waals surface area contributed by atoms with Gasteiger partial charge in [0.05, 0.1) is 10.6 Å². The van der Waals surface area contributed by atoms with Crippen molar-refractivity contribution in [2.75, 3.05) is 5.43 Å². The lowest BCUT2D eigenvalue weighted by Crippen LogP contribution is -2.27. The number of nitrogens with one attached hydrogen (secondary N) is 2. The van der Waals surface area contributed by atoms with Gasteiger partial charge >= 0.3 is 0 Å². The lowest BCUT2D eigenvalue weighted by molar-refractivity contribution is -0.387. The summed E-state index contributed by atoms with van der Waals surface area (Å²) in [4.78, 5) is 9.98. The molecule has 1 aromatic carbocycles. The van der Waals surface area contributed by atoms with Crippen molar-refractivity contribution in [3.63, 3.8) is 0 Å². The number of sulfonamides is 1. The zero-order valence-corrected chi connectivity index (χ0v) is 12.4. The maximum Gasteiger partial charge on any atom is 0.291 e. The number of nitro benzene ring substituents is 1. The summed E-state index contributed by atoms with van der Waals surface area (Å²) in [5.74, 6) is 5.51. The van der Waals surface area contributed by atoms with Crippen LogP contribution in [0.2, 0.25) is 0 Å². The molecule has 0 aliphatic heterocycles. The molecule has 2 rings (SSSR count). The van der Waals surface area contributed by atoms with E-state index in [1.807, 2.05) is 6.92 Å². The van der Waals surface area contributed by atoms with Crippen molar-refractivity contribution < 1.29 is 13.3 Å². The molecule has 0 bridgehead atoms. The molecule has 1 aromatic rings. The van der Waals surface area contributed by atoms with E-state index in [1.54, 1.807) is 0 Å². The predicted octanol–water partition coefficient (Wildman–Crippen LogP) is 1.35. The molecule has 0 radical (unpaired) electrons. The maximum absolute atomic E-state index is 12.3. The highest BCUT2D eigenvalue weighted by Gasteiger charge is 2.40. The summed E-state index contributed by atoms with van der Waals surface area (Å²) in [6, 6.07) is 3.55. The predicted molar refractivity (Wildman–Crippen MR) is 78.0 cm³/mol. The van der Waals surface area contributed by atoms with Crippen LogP contribution < -0.4 is 16.0 Å². The maximum atomic E-state index is 12.3. The van der Waals surface area contributed by atoms with Crippen molar-refractivity contribution in [1.82, 2.24) is 4.72 Å². The molecule has 1 aliphatic carbocycles. The van der Waals surface area contributed by atoms with Gasteiger partial charge in [-0.1, -0.05) is 13.3 Å². The highest BCUT2D eigenvalue weighted by Crippen LogP contribution is 2.36. The smallest absolute Gasteiger partial charge is 0.291 e. The monoisotopic (exact) mass is 314 g/mol. The Balaban J connectivity index is 2.26. The third kappa shape index (κ3) is 3.49. The second kappa shape index (κ2) is 5.96. The molecule has 116 valence electrons. The lowest BCUT2D eigenvalue weighted by Gasteiger charge is -2.08. The van der Waals surface area contributed by atoms with Crippen molar-refractivity contribution in [2.45, 2.75) is 37.1 Å². The average Bonchev–Trinajstić information content (AvgIpc) is 3.15. The van der Waals surface area contributed by atoms with E-state index in [4.69, 9.17) is 5.84 Å². The number of nitrogens with zero attached hydrogens (tertiary/aromatic N) is 1. The molecule has 1 fully saturated rings. The van der Waals surface area contributed by atoms with E-state index in [9.17, 15) is 18.5 Å². The first kappa shape index (κ1) is 15.7. The van der Waals surface area contributed by atoms with E-state index in [-0.39, 0.29) is 16.6 Å². The van der Waals surface area contributed by atoms with Crippen molar-refractivity contribution in [2.24, 2.45) is 11.8 Å². The van der Waals surface area contributed by atoms with E-state index < -0.39 is 20.6 Å². The summed E-state index contributed by atoms with van der Waals surface area (Å²) in [7, 11) is -3.91. The average molecular weight is 314 g/mol. The fraction of sp³-hybridized carbons (Fsp3) is 0.500. The van der Waals surface area contributed by atoms with Crippen LogP contribution in [-0.4, -0.2) is 19.4 Å². The standard InChI is InChI=1S/C12H18N4O4S/c1-2-3-8-6-10(8)15-21(19,20)12-5-4-9(14-13)7-11(12)16(17)18/h4-5,7-8,10,14-15H,2-3,6,13H2,1H3. The number of hydrogen-bond donors (Lipinski definition) is 3. The summed E-state index contributed by atoms with van der Waals surface area (Å²) in [5, 5.41) is 11.0. The van der Waals surface area contributed by atoms with E-state index in [2.05, 4.69) is 10.1 Å². The molecule has 4 N–H and O–H groups in total. The van der Waals surface area contributed by atoms with Crippen LogP contribution in [0.3, 0.4) is 0 Å². The SMILES string of the molecule is CCCC1CC1NS(=O)(=O)c1ccc(NN)cc1[N+](=O)[O-]. The Kier molecular flexibility index (Phi) is 4.45. The summed E-state index contributed by atoms with van der Waals surface area (Å²) in [6.45, 7) is 2.03. The quantitative estimate of drug-likeness (QED) is 0.396. The van der Waals surface area contributed by atoms with Gasteiger partial charge in [0.1, 0.15) is 0 Å². The Hall–Kier alpha value is -1.71. The first-order chi connectivity index (χ1) is 9.89. The Morgan fingerprint density at radius 3 is 2.76 bits per heavy atom. The summed E-state index contributed by atoms with van der Waals surface area (Å²) >= 11 is 0. The van der Waals surface area contributed by atoms with Gasteiger partial charge in [-0.3, -0.25) is 16.0 Å². The minimum absolute atomic E-state index is 0.123. The van der Waals surface area contributed by atoms with Crippen LogP contribution in [0.15, 0.2) is 23.1 Å². The number of benzene rings is 1. The highest BCUT2D eigenvalue weighted by molar-refractivity contribution is 7.89. The molecule has 1 saturated carbocycles. The Morgan fingerprint density at radius 2 is 2.19 bits per heavy atom. The first-order valence-corrected chi connectivity index (χ1v) is 8.14. The van der Waals surface area contributed by atoms with Gasteiger partial charge in [0.15, 0.2) is 4.90 Å². The lowest BCUT2D eigenvalue weighted by atomic mass is 10.2. The summed E-state index contributed by atoms with van der Waals surface area (Å²) in [6.07, 6.45) is 2.72. The number of nitrogens with two attached hydrogens (primary N) is 1. The molecule has 1 aliphatic rings. The zero-order chi connectivity index (χ0) is 15.6. The van der Waals surface area contributed by atoms with Gasteiger partial charge in [0, 0.05) is 12.1 Å². The van der Waals surface area contributed by atoms with Gasteiger partial charge < -0.3 is 5.43 Å². The first-order valence-electron chi connectivity index (χ1n) is 6.66. The minimum atomic E-state index is -3.91. The number of hydrogen-bond acceptors (Lipinski definition) is 6. The number of hydrazine groups is 1. The largest absolute Gasteiger partial charge is 0.324 e. The van der Waals surface area contributed by atoms with Crippen molar-refractivity contribution in [3.8, 4) is 0 Å². The number of nitro groups is 1. The number of nitrogen functional groups attached to an aromatic ring is 1. The Bertz CT molecular complexity index is 647. The molecule has 2 unspecified atom stereocenters. The molecule has 0 amide bonds. The normalized spacial score (nSPS) is 21.0. The molecule has 0 heterocycles. The molecule has 2 atom stereocenters. The van der Waals surface area contributed by atoms with E-state index >= 15 is 0 Å². The number of rotatable bonds is 7. The van der Waals surface area contributed by atoms with E-state index in [0.29, 0.717) is 5.92 Å². The van der Waals surface area contributed by atoms with E-state index in [0.717, 1.165) is 25.3 Å². The number of anilines is 1. The fourth-order valence-corrected chi connectivity index (χ4v) is 3.79. The van der Waals surface area contributed by atoms with Crippen molar-refractivity contribution >= 4 is 21.4 Å². The van der Waals surface area contributed by atoms with Gasteiger partial charge in [-0.05, 0) is 30.9 Å². The second-order valence-electron chi connectivity index (χ2n) is 5.10. The molecule has 9 heteroatoms. The fourth-order valence-electron chi connectivity index (χ4n) is 2.32. The van der Waals surface area contributed by atoms with Gasteiger partial charge in [-0.15, -0.1) is 0 Å². The van der Waals surface area contributed by atoms with Crippen LogP contribution >= 0.6 is 0 Å². The molecule has 0 aromatic heterocycles. The molecule has 8 nitrogen and oxygen atoms in total. The molecule has 0 saturated heterocycles. The Labute approximate surface area is 122 Å². The minimum Gasteiger partial charge on any atom is -0.324 e.